The van der Waals surface area contributed by atoms with Crippen LogP contribution in [0, 0.1) is 22.7 Å². The second kappa shape index (κ2) is 10.4. The zero-order chi connectivity index (χ0) is 27.8. The number of nitrogens with zero attached hydrogens (tertiary/aromatic N) is 1. The molecule has 0 aromatic heterocycles. The van der Waals surface area contributed by atoms with Crippen LogP contribution in [0.3, 0.4) is 0 Å². The Hall–Kier alpha value is -3.14. The number of benzene rings is 1. The third-order valence-electron chi connectivity index (χ3n) is 9.25. The van der Waals surface area contributed by atoms with Crippen molar-refractivity contribution in [3.63, 3.8) is 0 Å². The number of rotatable bonds is 7. The number of hydrogen-bond donors (Lipinski definition) is 5. The van der Waals surface area contributed by atoms with Crippen LogP contribution in [0.4, 0.5) is 10.5 Å². The molecule has 4 bridgehead atoms. The number of urea groups is 1. The van der Waals surface area contributed by atoms with Crippen LogP contribution < -0.4 is 21.4 Å². The third-order valence-corrected chi connectivity index (χ3v) is 9.25. The van der Waals surface area contributed by atoms with Crippen molar-refractivity contribution in [1.29, 1.82) is 0 Å². The number of amides is 5. The summed E-state index contributed by atoms with van der Waals surface area (Å²) in [5.74, 6) is -0.583. The summed E-state index contributed by atoms with van der Waals surface area (Å²) in [6, 6.07) is 6.72. The molecule has 1 aliphatic heterocycles. The molecule has 6 rings (SSSR count). The van der Waals surface area contributed by atoms with Gasteiger partial charge < -0.3 is 20.9 Å². The predicted molar refractivity (Wildman–Crippen MR) is 145 cm³/mol. The van der Waals surface area contributed by atoms with E-state index in [-0.39, 0.29) is 42.3 Å². The molecule has 2 unspecified atom stereocenters. The Morgan fingerprint density at radius 2 is 1.69 bits per heavy atom. The van der Waals surface area contributed by atoms with E-state index in [4.69, 9.17) is 5.21 Å². The zero-order valence-electron chi connectivity index (χ0n) is 23.0. The van der Waals surface area contributed by atoms with Gasteiger partial charge in [-0.25, -0.2) is 10.3 Å². The first kappa shape index (κ1) is 27.4. The van der Waals surface area contributed by atoms with E-state index in [2.05, 4.69) is 29.8 Å². The molecule has 5 N–H and O–H groups in total. The number of carbonyl (C=O) groups is 4. The Balaban J connectivity index is 1.13. The first-order valence-corrected chi connectivity index (χ1v) is 14.2. The Morgan fingerprint density at radius 1 is 1.00 bits per heavy atom. The molecule has 4 saturated carbocycles. The van der Waals surface area contributed by atoms with Gasteiger partial charge in [0.15, 0.2) is 0 Å². The van der Waals surface area contributed by atoms with Crippen LogP contribution in [-0.2, 0) is 9.59 Å². The maximum Gasteiger partial charge on any atom is 0.319 e. The summed E-state index contributed by atoms with van der Waals surface area (Å²) >= 11 is 0. The van der Waals surface area contributed by atoms with Gasteiger partial charge in [-0.3, -0.25) is 19.6 Å². The van der Waals surface area contributed by atoms with E-state index in [0.717, 1.165) is 19.3 Å². The van der Waals surface area contributed by atoms with Crippen molar-refractivity contribution in [3.05, 3.63) is 29.8 Å². The molecule has 4 aliphatic carbocycles. The lowest BCUT2D eigenvalue weighted by Gasteiger charge is -2.65. The van der Waals surface area contributed by atoms with Crippen LogP contribution >= 0.6 is 0 Å². The van der Waals surface area contributed by atoms with E-state index in [1.807, 2.05) is 0 Å². The van der Waals surface area contributed by atoms with Crippen molar-refractivity contribution in [3.8, 4) is 0 Å². The van der Waals surface area contributed by atoms with Crippen LogP contribution in [-0.4, -0.2) is 59.0 Å². The molecule has 0 spiro atoms. The van der Waals surface area contributed by atoms with E-state index in [1.54, 1.807) is 29.2 Å². The summed E-state index contributed by atoms with van der Waals surface area (Å²) in [5, 5.41) is 17.6. The quantitative estimate of drug-likeness (QED) is 0.267. The van der Waals surface area contributed by atoms with Gasteiger partial charge in [0.2, 0.25) is 11.8 Å². The number of piperidine rings is 1. The van der Waals surface area contributed by atoms with Crippen molar-refractivity contribution < 1.29 is 24.4 Å². The minimum Gasteiger partial charge on any atom is -0.355 e. The van der Waals surface area contributed by atoms with Crippen LogP contribution in [0.25, 0.3) is 0 Å². The molecular formula is C29H41N5O5. The number of anilines is 1. The second-order valence-electron chi connectivity index (χ2n) is 13.2. The van der Waals surface area contributed by atoms with Gasteiger partial charge in [-0.05, 0) is 92.4 Å². The van der Waals surface area contributed by atoms with Gasteiger partial charge >= 0.3 is 6.03 Å². The molecule has 5 aliphatic rings. The largest absolute Gasteiger partial charge is 0.355 e. The Labute approximate surface area is 229 Å². The fraction of sp³-hybridized carbons (Fsp3) is 0.655. The highest BCUT2D eigenvalue weighted by Gasteiger charge is 2.60. The molecule has 10 nitrogen and oxygen atoms in total. The molecule has 1 heterocycles. The standard InChI is InChI=1S/C29H41N5O5/c1-27-12-19-13-28(2,16-27)18-29(14-19,17-27)32-26(38)31-22-7-5-20(6-8-22)25(37)34-11-3-4-21(15-34)24(36)30-10-9-23(35)33-39/h5-8,19,21,39H,3-4,9-18H2,1-2H3,(H,30,36)(H,33,35)(H2,31,32,38)/t19?,21-,27-,28+,29?/m0/s1. The Bertz CT molecular complexity index is 1120. The first-order valence-electron chi connectivity index (χ1n) is 14.2. The summed E-state index contributed by atoms with van der Waals surface area (Å²) in [6.07, 6.45) is 8.30. The highest BCUT2D eigenvalue weighted by molar-refractivity contribution is 5.96. The highest BCUT2D eigenvalue weighted by Crippen LogP contribution is 2.66. The van der Waals surface area contributed by atoms with Gasteiger partial charge in [0.1, 0.15) is 0 Å². The van der Waals surface area contributed by atoms with Crippen LogP contribution in [0.5, 0.6) is 0 Å². The number of nitrogens with one attached hydrogen (secondary N) is 4. The van der Waals surface area contributed by atoms with E-state index in [1.165, 1.54) is 24.7 Å². The molecule has 212 valence electrons. The van der Waals surface area contributed by atoms with E-state index < -0.39 is 5.91 Å². The van der Waals surface area contributed by atoms with E-state index in [9.17, 15) is 19.2 Å². The first-order chi connectivity index (χ1) is 18.5. The van der Waals surface area contributed by atoms with Crippen LogP contribution in [0.15, 0.2) is 24.3 Å². The molecule has 5 amide bonds. The fourth-order valence-electron chi connectivity index (χ4n) is 8.74. The lowest BCUT2D eigenvalue weighted by molar-refractivity contribution is -0.129. The summed E-state index contributed by atoms with van der Waals surface area (Å²) < 4.78 is 0. The molecule has 10 heteroatoms. The van der Waals surface area contributed by atoms with Crippen LogP contribution in [0.1, 0.15) is 82.0 Å². The van der Waals surface area contributed by atoms with Gasteiger partial charge in [-0.2, -0.15) is 0 Å². The fourth-order valence-corrected chi connectivity index (χ4v) is 8.74. The Kier molecular flexibility index (Phi) is 7.35. The van der Waals surface area contributed by atoms with Crippen LogP contribution in [0.2, 0.25) is 0 Å². The molecule has 1 aromatic carbocycles. The van der Waals surface area contributed by atoms with Crippen molar-refractivity contribution in [1.82, 2.24) is 21.0 Å². The monoisotopic (exact) mass is 539 g/mol. The topological polar surface area (TPSA) is 140 Å². The zero-order valence-corrected chi connectivity index (χ0v) is 23.0. The summed E-state index contributed by atoms with van der Waals surface area (Å²) in [7, 11) is 0. The van der Waals surface area contributed by atoms with E-state index in [0.29, 0.717) is 53.9 Å². The number of likely N-dealkylation sites (tertiary alicyclic amines) is 1. The lowest BCUT2D eigenvalue weighted by Crippen LogP contribution is -2.65. The van der Waals surface area contributed by atoms with E-state index >= 15 is 0 Å². The Morgan fingerprint density at radius 3 is 2.33 bits per heavy atom. The van der Waals surface area contributed by atoms with Crippen molar-refractivity contribution in [2.45, 2.75) is 77.2 Å². The number of hydroxylamine groups is 1. The van der Waals surface area contributed by atoms with Crippen molar-refractivity contribution in [2.24, 2.45) is 22.7 Å². The maximum absolute atomic E-state index is 13.1. The minimum absolute atomic E-state index is 0.0176. The molecule has 39 heavy (non-hydrogen) atoms. The molecule has 1 saturated heterocycles. The highest BCUT2D eigenvalue weighted by atomic mass is 16.5. The summed E-state index contributed by atoms with van der Waals surface area (Å²) in [5.41, 5.74) is 3.17. The smallest absolute Gasteiger partial charge is 0.319 e. The lowest BCUT2D eigenvalue weighted by atomic mass is 9.43. The average Bonchev–Trinajstić information content (AvgIpc) is 2.86. The minimum atomic E-state index is -0.567. The van der Waals surface area contributed by atoms with Crippen molar-refractivity contribution in [2.75, 3.05) is 25.0 Å². The summed E-state index contributed by atoms with van der Waals surface area (Å²) in [4.78, 5) is 51.5. The third kappa shape index (κ3) is 6.05. The molecule has 1 aromatic rings. The van der Waals surface area contributed by atoms with Gasteiger partial charge in [0.05, 0.1) is 5.92 Å². The summed E-state index contributed by atoms with van der Waals surface area (Å²) in [6.45, 7) is 5.77. The molecular weight excluding hydrogens is 498 g/mol. The number of carbonyl (C=O) groups excluding carboxylic acids is 4. The van der Waals surface area contributed by atoms with Gasteiger partial charge in [-0.15, -0.1) is 0 Å². The number of hydrogen-bond acceptors (Lipinski definition) is 5. The van der Waals surface area contributed by atoms with Gasteiger partial charge in [0, 0.05) is 42.8 Å². The van der Waals surface area contributed by atoms with Gasteiger partial charge in [0.25, 0.3) is 5.91 Å². The SMILES string of the molecule is C[C@]12CC3CC(NC(=O)Nc4ccc(C(=O)N5CCC[C@H](C(=O)NCCC(=O)NO)C5)cc4)(C1)C[C@@](C)(C3)C2. The average molecular weight is 540 g/mol. The normalized spacial score (nSPS) is 32.8. The molecule has 0 radical (unpaired) electrons. The predicted octanol–water partition coefficient (Wildman–Crippen LogP) is 3.42. The van der Waals surface area contributed by atoms with Crippen molar-refractivity contribution >= 4 is 29.4 Å². The maximum atomic E-state index is 13.1. The van der Waals surface area contributed by atoms with Gasteiger partial charge in [-0.1, -0.05) is 13.8 Å². The molecule has 5 fully saturated rings. The second-order valence-corrected chi connectivity index (χ2v) is 13.2. The molecule has 5 atom stereocenters.